The molecule has 1 aliphatic heterocycles. The fraction of sp³-hybridized carbons (Fsp3) is 1.00. The van der Waals surface area contributed by atoms with Gasteiger partial charge < -0.3 is 9.84 Å². The molecule has 0 amide bonds. The maximum atomic E-state index is 10.7. The lowest BCUT2D eigenvalue weighted by molar-refractivity contribution is -0.125. The first-order valence-corrected chi connectivity index (χ1v) is 7.96. The van der Waals surface area contributed by atoms with Gasteiger partial charge >= 0.3 is 20.7 Å². The van der Waals surface area contributed by atoms with Crippen molar-refractivity contribution in [2.45, 2.75) is 25.2 Å². The fourth-order valence-corrected chi connectivity index (χ4v) is 2.66. The van der Waals surface area contributed by atoms with Crippen LogP contribution in [0.2, 0.25) is 0 Å². The smallest absolute Gasteiger partial charge is 0.390 e. The van der Waals surface area contributed by atoms with Crippen molar-refractivity contribution in [3.8, 4) is 0 Å². The van der Waals surface area contributed by atoms with Crippen LogP contribution >= 0.6 is 0 Å². The molecule has 0 aromatic rings. The van der Waals surface area contributed by atoms with Crippen LogP contribution in [0.25, 0.3) is 0 Å². The molecule has 1 saturated heterocycles. The number of hydrogen-bond acceptors (Lipinski definition) is 7. The molecule has 114 valence electrons. The minimum absolute atomic E-state index is 0.197. The van der Waals surface area contributed by atoms with Gasteiger partial charge in [-0.15, -0.1) is 0 Å². The summed E-state index contributed by atoms with van der Waals surface area (Å²) in [5.41, 5.74) is 0. The lowest BCUT2D eigenvalue weighted by Crippen LogP contribution is -2.55. The Hall–Kier alpha value is -0.340. The number of nitrogens with one attached hydrogen (secondary N) is 1. The van der Waals surface area contributed by atoms with Gasteiger partial charge in [-0.05, 0) is 0 Å². The third-order valence-corrected chi connectivity index (χ3v) is 3.76. The second-order valence-corrected chi connectivity index (χ2v) is 6.41. The van der Waals surface area contributed by atoms with Crippen molar-refractivity contribution < 1.29 is 40.0 Å². The lowest BCUT2D eigenvalue weighted by Gasteiger charge is -2.37. The molecule has 0 spiro atoms. The van der Waals surface area contributed by atoms with Gasteiger partial charge in [-0.25, -0.2) is 4.18 Å². The van der Waals surface area contributed by atoms with E-state index < -0.39 is 51.5 Å². The summed E-state index contributed by atoms with van der Waals surface area (Å²) in [6.45, 7) is 0.678. The minimum Gasteiger partial charge on any atom is -0.390 e. The quantitative estimate of drug-likeness (QED) is 0.418. The molecule has 4 atom stereocenters. The van der Waals surface area contributed by atoms with E-state index in [2.05, 4.69) is 4.18 Å². The zero-order valence-corrected chi connectivity index (χ0v) is 11.5. The summed E-state index contributed by atoms with van der Waals surface area (Å²) in [6, 6.07) is -0.869. The van der Waals surface area contributed by atoms with Crippen LogP contribution in [-0.4, -0.2) is 62.5 Å². The highest BCUT2D eigenvalue weighted by Gasteiger charge is 2.38. The highest BCUT2D eigenvalue weighted by molar-refractivity contribution is 7.83. The first-order valence-electron chi connectivity index (χ1n) is 5.16. The van der Waals surface area contributed by atoms with Gasteiger partial charge in [-0.3, -0.25) is 9.11 Å². The van der Waals surface area contributed by atoms with E-state index in [1.165, 1.54) is 6.92 Å². The molecule has 0 bridgehead atoms. The molecule has 1 heterocycles. The molecule has 1 rings (SSSR count). The largest absolute Gasteiger partial charge is 0.397 e. The van der Waals surface area contributed by atoms with Crippen molar-refractivity contribution in [3.05, 3.63) is 0 Å². The molecule has 1 aliphatic rings. The van der Waals surface area contributed by atoms with E-state index in [-0.39, 0.29) is 6.61 Å². The molecule has 0 saturated carbocycles. The van der Waals surface area contributed by atoms with Crippen LogP contribution in [0, 0.1) is 5.92 Å². The van der Waals surface area contributed by atoms with E-state index >= 15 is 0 Å². The summed E-state index contributed by atoms with van der Waals surface area (Å²) in [6.07, 6.45) is -2.29. The molecule has 4 N–H and O–H groups in total. The van der Waals surface area contributed by atoms with Crippen LogP contribution in [-0.2, 0) is 29.6 Å². The molecular formula is C7H15NO9S2. The molecule has 4 unspecified atom stereocenters. The summed E-state index contributed by atoms with van der Waals surface area (Å²) in [5.74, 6) is -0.661. The predicted molar refractivity (Wildman–Crippen MR) is 60.9 cm³/mol. The van der Waals surface area contributed by atoms with Crippen LogP contribution in [0.5, 0.6) is 0 Å². The van der Waals surface area contributed by atoms with Crippen LogP contribution in [0.3, 0.4) is 0 Å². The van der Waals surface area contributed by atoms with Crippen molar-refractivity contribution in [3.63, 3.8) is 0 Å². The van der Waals surface area contributed by atoms with Gasteiger partial charge in [0.15, 0.2) is 0 Å². The van der Waals surface area contributed by atoms with Crippen molar-refractivity contribution in [2.75, 3.05) is 13.2 Å². The first kappa shape index (κ1) is 16.7. The Balaban J connectivity index is 2.62. The first-order chi connectivity index (χ1) is 8.49. The molecule has 0 aromatic heterocycles. The fourth-order valence-electron chi connectivity index (χ4n) is 1.69. The van der Waals surface area contributed by atoms with Gasteiger partial charge in [-0.2, -0.15) is 21.6 Å². The van der Waals surface area contributed by atoms with E-state index in [9.17, 15) is 21.9 Å². The van der Waals surface area contributed by atoms with Gasteiger partial charge in [0.2, 0.25) is 0 Å². The van der Waals surface area contributed by atoms with E-state index in [1.807, 2.05) is 4.72 Å². The summed E-state index contributed by atoms with van der Waals surface area (Å²) in [5, 5.41) is 9.80. The molecule has 0 aromatic carbocycles. The Morgan fingerprint density at radius 3 is 2.37 bits per heavy atom. The number of aliphatic hydroxyl groups is 1. The van der Waals surface area contributed by atoms with E-state index in [4.69, 9.17) is 13.8 Å². The Bertz CT molecular complexity index is 499. The van der Waals surface area contributed by atoms with Crippen molar-refractivity contribution in [2.24, 2.45) is 5.92 Å². The minimum atomic E-state index is -4.65. The lowest BCUT2D eigenvalue weighted by atomic mass is 9.91. The van der Waals surface area contributed by atoms with Crippen LogP contribution in [0.15, 0.2) is 0 Å². The molecular weight excluding hydrogens is 306 g/mol. The highest BCUT2D eigenvalue weighted by atomic mass is 32.3. The van der Waals surface area contributed by atoms with Crippen LogP contribution in [0.1, 0.15) is 6.92 Å². The second kappa shape index (κ2) is 5.97. The normalized spacial score (nSPS) is 33.3. The second-order valence-electron chi connectivity index (χ2n) is 4.13. The molecule has 0 aliphatic carbocycles. The summed E-state index contributed by atoms with van der Waals surface area (Å²) < 4.78 is 70.1. The predicted octanol–water partition coefficient (Wildman–Crippen LogP) is -2.04. The highest BCUT2D eigenvalue weighted by Crippen LogP contribution is 2.22. The average molecular weight is 321 g/mol. The van der Waals surface area contributed by atoms with Crippen molar-refractivity contribution >= 4 is 20.7 Å². The van der Waals surface area contributed by atoms with Crippen LogP contribution in [0.4, 0.5) is 0 Å². The maximum absolute atomic E-state index is 10.7. The van der Waals surface area contributed by atoms with E-state index in [0.717, 1.165) is 0 Å². The van der Waals surface area contributed by atoms with Gasteiger partial charge in [0, 0.05) is 5.92 Å². The zero-order valence-electron chi connectivity index (χ0n) is 9.83. The molecule has 19 heavy (non-hydrogen) atoms. The molecule has 10 nitrogen and oxygen atoms in total. The Kier molecular flexibility index (Phi) is 5.25. The van der Waals surface area contributed by atoms with Crippen molar-refractivity contribution in [1.29, 1.82) is 0 Å². The number of ether oxygens (including phenoxy) is 1. The maximum Gasteiger partial charge on any atom is 0.397 e. The summed E-state index contributed by atoms with van der Waals surface area (Å²) >= 11 is 0. The van der Waals surface area contributed by atoms with E-state index in [0.29, 0.717) is 0 Å². The summed E-state index contributed by atoms with van der Waals surface area (Å²) in [4.78, 5) is 0. The van der Waals surface area contributed by atoms with Gasteiger partial charge in [0.05, 0.1) is 25.4 Å². The zero-order chi connectivity index (χ0) is 14.8. The number of rotatable bonds is 5. The van der Waals surface area contributed by atoms with Gasteiger partial charge in [0.1, 0.15) is 6.10 Å². The molecule has 0 radical (unpaired) electrons. The third kappa shape index (κ3) is 5.66. The standard InChI is InChI=1S/C7H15NO9S2/c1-4-5(8-18(10,11)12)2-16-6(7(4)9)3-17-19(13,14)15/h4-9H,2-3H2,1H3,(H,10,11,12)(H,13,14,15). The summed E-state index contributed by atoms with van der Waals surface area (Å²) in [7, 11) is -9.09. The Morgan fingerprint density at radius 2 is 1.89 bits per heavy atom. The molecule has 1 fully saturated rings. The van der Waals surface area contributed by atoms with Gasteiger partial charge in [0.25, 0.3) is 0 Å². The average Bonchev–Trinajstić information content (AvgIpc) is 2.21. The number of aliphatic hydroxyl groups excluding tert-OH is 1. The number of hydrogen-bond donors (Lipinski definition) is 4. The third-order valence-electron chi connectivity index (χ3n) is 2.73. The van der Waals surface area contributed by atoms with E-state index in [1.54, 1.807) is 0 Å². The Labute approximate surface area is 110 Å². The molecule has 12 heteroatoms. The van der Waals surface area contributed by atoms with Crippen molar-refractivity contribution in [1.82, 2.24) is 4.72 Å². The van der Waals surface area contributed by atoms with Crippen LogP contribution < -0.4 is 4.72 Å². The topological polar surface area (TPSA) is 159 Å². The van der Waals surface area contributed by atoms with Gasteiger partial charge in [-0.1, -0.05) is 6.92 Å². The SMILES string of the molecule is CC1C(NS(=O)(=O)O)COC(COS(=O)(=O)O)C1O. The Morgan fingerprint density at radius 1 is 1.32 bits per heavy atom. The monoisotopic (exact) mass is 321 g/mol.